The summed E-state index contributed by atoms with van der Waals surface area (Å²) in [5.41, 5.74) is 0. The van der Waals surface area contributed by atoms with E-state index in [1.807, 2.05) is 6.92 Å². The van der Waals surface area contributed by atoms with Gasteiger partial charge in [-0.25, -0.2) is 9.59 Å². The zero-order chi connectivity index (χ0) is 13.4. The number of ether oxygens (including phenoxy) is 1. The van der Waals surface area contributed by atoms with Crippen LogP contribution < -0.4 is 0 Å². The number of halogens is 3. The van der Waals surface area contributed by atoms with Gasteiger partial charge in [-0.2, -0.15) is 13.2 Å². The van der Waals surface area contributed by atoms with Gasteiger partial charge in [0, 0.05) is 6.42 Å². The largest absolute Gasteiger partial charge is 0.382 e. The minimum atomic E-state index is -2.90. The smallest absolute Gasteiger partial charge is 0.382 e. The van der Waals surface area contributed by atoms with Crippen LogP contribution in [0.3, 0.4) is 0 Å². The van der Waals surface area contributed by atoms with E-state index in [-0.39, 0.29) is 6.42 Å². The predicted octanol–water partition coefficient (Wildman–Crippen LogP) is 2.28. The first-order valence-corrected chi connectivity index (χ1v) is 4.90. The van der Waals surface area contributed by atoms with Crippen molar-refractivity contribution < 1.29 is 32.3 Å². The number of carbonyl (C=O) groups is 3. The second kappa shape index (κ2) is 7.59. The Morgan fingerprint density at radius 1 is 1.00 bits per heavy atom. The molecule has 0 saturated carbocycles. The SMILES string of the molecule is CCCCCC(=O)C(=O)OC(=O)C(F)=C(F)F. The van der Waals surface area contributed by atoms with Gasteiger partial charge in [0.2, 0.25) is 5.78 Å². The van der Waals surface area contributed by atoms with Crippen LogP contribution in [-0.2, 0) is 19.1 Å². The number of rotatable bonds is 6. The van der Waals surface area contributed by atoms with Crippen molar-refractivity contribution in [3.05, 3.63) is 11.9 Å². The van der Waals surface area contributed by atoms with Crippen molar-refractivity contribution in [3.63, 3.8) is 0 Å². The summed E-state index contributed by atoms with van der Waals surface area (Å²) in [7, 11) is 0. The van der Waals surface area contributed by atoms with E-state index in [4.69, 9.17) is 0 Å². The lowest BCUT2D eigenvalue weighted by Crippen LogP contribution is -2.21. The van der Waals surface area contributed by atoms with Gasteiger partial charge in [0.1, 0.15) is 0 Å². The fourth-order valence-electron chi connectivity index (χ4n) is 0.901. The van der Waals surface area contributed by atoms with E-state index in [1.165, 1.54) is 0 Å². The van der Waals surface area contributed by atoms with Gasteiger partial charge < -0.3 is 4.74 Å². The molecule has 0 aromatic heterocycles. The Bertz CT molecular complexity index is 345. The van der Waals surface area contributed by atoms with Gasteiger partial charge in [-0.3, -0.25) is 4.79 Å². The van der Waals surface area contributed by atoms with Gasteiger partial charge in [-0.05, 0) is 6.42 Å². The van der Waals surface area contributed by atoms with E-state index in [9.17, 15) is 27.6 Å². The van der Waals surface area contributed by atoms with Crippen LogP contribution in [0.15, 0.2) is 11.9 Å². The zero-order valence-corrected chi connectivity index (χ0v) is 9.10. The number of ketones is 1. The molecule has 0 N–H and O–H groups in total. The summed E-state index contributed by atoms with van der Waals surface area (Å²) in [6.07, 6.45) is -1.15. The maximum atomic E-state index is 12.2. The maximum Gasteiger partial charge on any atom is 0.382 e. The van der Waals surface area contributed by atoms with Gasteiger partial charge in [0.25, 0.3) is 5.83 Å². The molecule has 0 spiro atoms. The lowest BCUT2D eigenvalue weighted by Gasteiger charge is -2.00. The summed E-state index contributed by atoms with van der Waals surface area (Å²) >= 11 is 0. The Morgan fingerprint density at radius 3 is 2.06 bits per heavy atom. The second-order valence-corrected chi connectivity index (χ2v) is 3.13. The van der Waals surface area contributed by atoms with Crippen molar-refractivity contribution in [2.24, 2.45) is 0 Å². The summed E-state index contributed by atoms with van der Waals surface area (Å²) in [5.74, 6) is -7.29. The number of esters is 2. The number of Topliss-reactive ketones (excluding diaryl/α,β-unsaturated/α-hetero) is 1. The van der Waals surface area contributed by atoms with Crippen molar-refractivity contribution in [1.82, 2.24) is 0 Å². The monoisotopic (exact) mass is 252 g/mol. The molecule has 7 heteroatoms. The van der Waals surface area contributed by atoms with Crippen LogP contribution in [0.1, 0.15) is 32.6 Å². The highest BCUT2D eigenvalue weighted by atomic mass is 19.3. The van der Waals surface area contributed by atoms with Crippen LogP contribution in [0.25, 0.3) is 0 Å². The summed E-state index contributed by atoms with van der Waals surface area (Å²) in [6.45, 7) is 1.87. The van der Waals surface area contributed by atoms with Crippen LogP contribution in [0.2, 0.25) is 0 Å². The molecule has 0 aliphatic rings. The molecular formula is C10H11F3O4. The molecule has 0 aliphatic heterocycles. The molecule has 0 atom stereocenters. The van der Waals surface area contributed by atoms with Crippen molar-refractivity contribution in [2.45, 2.75) is 32.6 Å². The molecule has 96 valence electrons. The molecule has 17 heavy (non-hydrogen) atoms. The fourth-order valence-corrected chi connectivity index (χ4v) is 0.901. The third-order valence-electron chi connectivity index (χ3n) is 1.77. The van der Waals surface area contributed by atoms with Crippen molar-refractivity contribution in [2.75, 3.05) is 0 Å². The van der Waals surface area contributed by atoms with E-state index in [1.54, 1.807) is 0 Å². The topological polar surface area (TPSA) is 60.4 Å². The van der Waals surface area contributed by atoms with E-state index >= 15 is 0 Å². The van der Waals surface area contributed by atoms with Crippen LogP contribution >= 0.6 is 0 Å². The molecule has 0 rings (SSSR count). The minimum Gasteiger partial charge on any atom is -0.382 e. The first-order valence-electron chi connectivity index (χ1n) is 4.90. The van der Waals surface area contributed by atoms with Crippen molar-refractivity contribution in [1.29, 1.82) is 0 Å². The van der Waals surface area contributed by atoms with Crippen LogP contribution in [-0.4, -0.2) is 17.7 Å². The molecule has 0 bridgehead atoms. The molecule has 0 radical (unpaired) electrons. The molecule has 0 aliphatic carbocycles. The molecule has 0 aromatic rings. The standard InChI is InChI=1S/C10H11F3O4/c1-2-3-4-5-6(14)9(15)17-10(16)7(11)8(12)13/h2-5H2,1H3. The maximum absolute atomic E-state index is 12.2. The number of carbonyl (C=O) groups excluding carboxylic acids is 3. The molecule has 0 heterocycles. The molecule has 4 nitrogen and oxygen atoms in total. The highest BCUT2D eigenvalue weighted by molar-refractivity contribution is 6.35. The van der Waals surface area contributed by atoms with Crippen molar-refractivity contribution in [3.8, 4) is 0 Å². The second-order valence-electron chi connectivity index (χ2n) is 3.13. The Hall–Kier alpha value is -1.66. The molecule has 0 saturated heterocycles. The van der Waals surface area contributed by atoms with Gasteiger partial charge >= 0.3 is 18.0 Å². The van der Waals surface area contributed by atoms with E-state index < -0.39 is 29.6 Å². The van der Waals surface area contributed by atoms with E-state index in [2.05, 4.69) is 4.74 Å². The van der Waals surface area contributed by atoms with Crippen LogP contribution in [0.4, 0.5) is 13.2 Å². The Labute approximate surface area is 95.4 Å². The van der Waals surface area contributed by atoms with Crippen LogP contribution in [0, 0.1) is 0 Å². The van der Waals surface area contributed by atoms with Gasteiger partial charge in [-0.15, -0.1) is 0 Å². The van der Waals surface area contributed by atoms with Gasteiger partial charge in [0.15, 0.2) is 0 Å². The lowest BCUT2D eigenvalue weighted by atomic mass is 10.1. The van der Waals surface area contributed by atoms with Gasteiger partial charge in [0.05, 0.1) is 0 Å². The average molecular weight is 252 g/mol. The number of hydrogen-bond acceptors (Lipinski definition) is 4. The van der Waals surface area contributed by atoms with E-state index in [0.717, 1.165) is 6.42 Å². The average Bonchev–Trinajstić information content (AvgIpc) is 2.27. The Kier molecular flexibility index (Phi) is 6.85. The summed E-state index contributed by atoms with van der Waals surface area (Å²) < 4.78 is 39.0. The zero-order valence-electron chi connectivity index (χ0n) is 9.10. The highest BCUT2D eigenvalue weighted by Crippen LogP contribution is 2.11. The summed E-state index contributed by atoms with van der Waals surface area (Å²) in [6, 6.07) is 0. The molecule has 0 unspecified atom stereocenters. The molecule has 0 fully saturated rings. The first-order chi connectivity index (χ1) is 7.90. The molecular weight excluding hydrogens is 241 g/mol. The van der Waals surface area contributed by atoms with Gasteiger partial charge in [-0.1, -0.05) is 19.8 Å². The highest BCUT2D eigenvalue weighted by Gasteiger charge is 2.24. The normalized spacial score (nSPS) is 9.65. The Balaban J connectivity index is 4.22. The minimum absolute atomic E-state index is 0.163. The fraction of sp³-hybridized carbons (Fsp3) is 0.500. The predicted molar refractivity (Wildman–Crippen MR) is 50.6 cm³/mol. The lowest BCUT2D eigenvalue weighted by molar-refractivity contribution is -0.163. The first kappa shape index (κ1) is 15.3. The molecule has 0 aromatic carbocycles. The van der Waals surface area contributed by atoms with Crippen molar-refractivity contribution >= 4 is 17.7 Å². The third kappa shape index (κ3) is 5.84. The third-order valence-corrected chi connectivity index (χ3v) is 1.77. The summed E-state index contributed by atoms with van der Waals surface area (Å²) in [4.78, 5) is 32.4. The van der Waals surface area contributed by atoms with Crippen LogP contribution in [0.5, 0.6) is 0 Å². The Morgan fingerprint density at radius 2 is 1.59 bits per heavy atom. The number of unbranched alkanes of at least 4 members (excludes halogenated alkanes) is 2. The van der Waals surface area contributed by atoms with E-state index in [0.29, 0.717) is 12.8 Å². The summed E-state index contributed by atoms with van der Waals surface area (Å²) in [5, 5.41) is 0. The number of hydrogen-bond donors (Lipinski definition) is 0. The quantitative estimate of drug-likeness (QED) is 0.239. The molecule has 0 amide bonds.